The van der Waals surface area contributed by atoms with Gasteiger partial charge < -0.3 is 19.6 Å². The molecule has 3 aromatic carbocycles. The first kappa shape index (κ1) is 20.6. The molecule has 0 spiro atoms. The Labute approximate surface area is 178 Å². The number of H-pyrrole nitrogens is 2. The van der Waals surface area contributed by atoms with Crippen LogP contribution in [0.4, 0.5) is 22.0 Å². The number of aromatic nitrogens is 2. The van der Waals surface area contributed by atoms with Crippen molar-refractivity contribution in [3.05, 3.63) is 53.6 Å². The molecule has 32 heavy (non-hydrogen) atoms. The molecule has 0 amide bonds. The summed E-state index contributed by atoms with van der Waals surface area (Å²) in [5, 5.41) is -0.246. The summed E-state index contributed by atoms with van der Waals surface area (Å²) in [6.07, 6.45) is -4.79. The quantitative estimate of drug-likeness (QED) is 0.323. The van der Waals surface area contributed by atoms with Gasteiger partial charge in [0.25, 0.3) is 0 Å². The molecule has 0 radical (unpaired) electrons. The van der Waals surface area contributed by atoms with E-state index in [4.69, 9.17) is 4.74 Å². The van der Waals surface area contributed by atoms with E-state index in [1.807, 2.05) is 19.0 Å². The maximum Gasteiger partial charge on any atom is 0.417 e. The second-order valence-electron chi connectivity index (χ2n) is 7.98. The number of ether oxygens (including phenoxy) is 1. The summed E-state index contributed by atoms with van der Waals surface area (Å²) in [6, 6.07) is 7.26. The van der Waals surface area contributed by atoms with Crippen LogP contribution in [0.1, 0.15) is 5.56 Å². The van der Waals surface area contributed by atoms with Crippen LogP contribution in [0.2, 0.25) is 0 Å². The lowest BCUT2D eigenvalue weighted by atomic mass is 9.98. The highest BCUT2D eigenvalue weighted by Gasteiger charge is 2.39. The first-order chi connectivity index (χ1) is 15.1. The van der Waals surface area contributed by atoms with E-state index < -0.39 is 23.4 Å². The molecule has 2 heterocycles. The van der Waals surface area contributed by atoms with Crippen molar-refractivity contribution in [2.75, 3.05) is 27.2 Å². The normalized spacial score (nSPS) is 12.8. The molecule has 0 atom stereocenters. The van der Waals surface area contributed by atoms with Gasteiger partial charge in [-0.15, -0.1) is 0 Å². The van der Waals surface area contributed by atoms with Gasteiger partial charge >= 0.3 is 6.18 Å². The number of rotatable bonds is 4. The Morgan fingerprint density at radius 3 is 1.78 bits per heavy atom. The lowest BCUT2D eigenvalue weighted by Crippen LogP contribution is -2.19. The summed E-state index contributed by atoms with van der Waals surface area (Å²) in [4.78, 5) is 7.82. The SMILES string of the molecule is CN(C)CCOc1c2[nH]c3ccc(F)cc3c2c(C(F)(F)F)c2c1[nH]c1ccc(F)cc12. The van der Waals surface area contributed by atoms with Crippen molar-refractivity contribution in [2.24, 2.45) is 0 Å². The maximum atomic E-state index is 14.5. The topological polar surface area (TPSA) is 44.0 Å². The molecule has 5 aromatic rings. The minimum atomic E-state index is -4.79. The van der Waals surface area contributed by atoms with E-state index in [-0.39, 0.29) is 44.9 Å². The summed E-state index contributed by atoms with van der Waals surface area (Å²) in [5.41, 5.74) is -0.0661. The predicted octanol–water partition coefficient (Wildman–Crippen LogP) is 6.19. The zero-order chi connectivity index (χ0) is 22.8. The maximum absolute atomic E-state index is 14.5. The number of nitrogens with zero attached hydrogens (tertiary/aromatic N) is 1. The second-order valence-corrected chi connectivity index (χ2v) is 7.98. The molecule has 166 valence electrons. The Morgan fingerprint density at radius 2 is 1.34 bits per heavy atom. The minimum Gasteiger partial charge on any atom is -0.488 e. The van der Waals surface area contributed by atoms with Gasteiger partial charge in [0.1, 0.15) is 18.2 Å². The number of benzene rings is 3. The smallest absolute Gasteiger partial charge is 0.417 e. The van der Waals surface area contributed by atoms with Crippen LogP contribution in [-0.2, 0) is 6.18 Å². The molecular weight excluding hydrogens is 429 g/mol. The summed E-state index contributed by atoms with van der Waals surface area (Å²) in [7, 11) is 3.69. The number of fused-ring (bicyclic) bond motifs is 6. The number of likely N-dealkylation sites (N-methyl/N-ethyl adjacent to an activating group) is 1. The van der Waals surface area contributed by atoms with Gasteiger partial charge in [0.15, 0.2) is 5.75 Å². The van der Waals surface area contributed by atoms with Crippen molar-refractivity contribution >= 4 is 43.6 Å². The first-order valence-corrected chi connectivity index (χ1v) is 9.87. The number of alkyl halides is 3. The zero-order valence-electron chi connectivity index (χ0n) is 17.1. The van der Waals surface area contributed by atoms with Gasteiger partial charge in [-0.1, -0.05) is 0 Å². The van der Waals surface area contributed by atoms with Gasteiger partial charge in [0, 0.05) is 39.1 Å². The largest absolute Gasteiger partial charge is 0.488 e. The molecule has 0 aliphatic rings. The molecule has 2 N–H and O–H groups in total. The number of halogens is 5. The van der Waals surface area contributed by atoms with E-state index >= 15 is 0 Å². The minimum absolute atomic E-state index is 0.0810. The summed E-state index contributed by atoms with van der Waals surface area (Å²) < 4.78 is 77.5. The summed E-state index contributed by atoms with van der Waals surface area (Å²) >= 11 is 0. The van der Waals surface area contributed by atoms with Crippen molar-refractivity contribution in [1.82, 2.24) is 14.9 Å². The third-order valence-electron chi connectivity index (χ3n) is 5.54. The molecule has 2 aromatic heterocycles. The number of aromatic amines is 2. The van der Waals surface area contributed by atoms with Crippen LogP contribution in [0.15, 0.2) is 36.4 Å². The van der Waals surface area contributed by atoms with Crippen molar-refractivity contribution in [3.63, 3.8) is 0 Å². The Hall–Kier alpha value is -3.33. The predicted molar refractivity (Wildman–Crippen MR) is 114 cm³/mol. The molecule has 0 fully saturated rings. The molecule has 0 saturated carbocycles. The van der Waals surface area contributed by atoms with Crippen LogP contribution >= 0.6 is 0 Å². The Balaban J connectivity index is 2.00. The van der Waals surface area contributed by atoms with Crippen LogP contribution in [0.3, 0.4) is 0 Å². The fraction of sp³-hybridized carbons (Fsp3) is 0.217. The third kappa shape index (κ3) is 3.15. The standard InChI is InChI=1S/C23H18F5N3O/c1-31(2)7-8-32-22-20-17(13-9-11(24)3-5-15(13)29-20)19(23(26,27)28)18-14-10-12(25)4-6-16(14)30-21(18)22/h3-6,9-10,29-30H,7-8H2,1-2H3. The molecule has 0 unspecified atom stereocenters. The molecule has 0 saturated heterocycles. The van der Waals surface area contributed by atoms with E-state index in [0.717, 1.165) is 12.1 Å². The van der Waals surface area contributed by atoms with Crippen LogP contribution < -0.4 is 4.74 Å². The molecule has 0 aliphatic carbocycles. The van der Waals surface area contributed by atoms with E-state index in [1.165, 1.54) is 24.3 Å². The van der Waals surface area contributed by atoms with Gasteiger partial charge in [-0.3, -0.25) is 0 Å². The number of hydrogen-bond donors (Lipinski definition) is 2. The highest BCUT2D eigenvalue weighted by molar-refractivity contribution is 6.23. The Kier molecular flexibility index (Phi) is 4.56. The molecule has 0 aliphatic heterocycles. The monoisotopic (exact) mass is 447 g/mol. The lowest BCUT2D eigenvalue weighted by Gasteiger charge is -2.16. The van der Waals surface area contributed by atoms with Crippen LogP contribution in [0.5, 0.6) is 5.75 Å². The second kappa shape index (κ2) is 7.09. The highest BCUT2D eigenvalue weighted by atomic mass is 19.4. The molecule has 4 nitrogen and oxygen atoms in total. The molecule has 9 heteroatoms. The van der Waals surface area contributed by atoms with E-state index in [2.05, 4.69) is 9.97 Å². The van der Waals surface area contributed by atoms with Gasteiger partial charge in [0.05, 0.1) is 16.6 Å². The van der Waals surface area contributed by atoms with Crippen LogP contribution in [-0.4, -0.2) is 42.1 Å². The summed E-state index contributed by atoms with van der Waals surface area (Å²) in [5.74, 6) is -1.14. The van der Waals surface area contributed by atoms with Crippen molar-refractivity contribution in [1.29, 1.82) is 0 Å². The van der Waals surface area contributed by atoms with Gasteiger partial charge in [-0.25, -0.2) is 8.78 Å². The highest BCUT2D eigenvalue weighted by Crippen LogP contribution is 2.49. The van der Waals surface area contributed by atoms with Gasteiger partial charge in [-0.2, -0.15) is 13.2 Å². The number of hydrogen-bond acceptors (Lipinski definition) is 2. The van der Waals surface area contributed by atoms with E-state index in [0.29, 0.717) is 17.6 Å². The molecular formula is C23H18F5N3O. The Morgan fingerprint density at radius 1 is 0.844 bits per heavy atom. The summed E-state index contributed by atoms with van der Waals surface area (Å²) in [6.45, 7) is 0.726. The fourth-order valence-electron chi connectivity index (χ4n) is 4.20. The fourth-order valence-corrected chi connectivity index (χ4v) is 4.20. The zero-order valence-corrected chi connectivity index (χ0v) is 17.1. The van der Waals surface area contributed by atoms with Crippen molar-refractivity contribution < 1.29 is 26.7 Å². The lowest BCUT2D eigenvalue weighted by molar-refractivity contribution is -0.134. The van der Waals surface area contributed by atoms with E-state index in [1.54, 1.807) is 0 Å². The molecule has 0 bridgehead atoms. The van der Waals surface area contributed by atoms with Gasteiger partial charge in [0.2, 0.25) is 0 Å². The first-order valence-electron chi connectivity index (χ1n) is 9.87. The number of nitrogens with one attached hydrogen (secondary N) is 2. The van der Waals surface area contributed by atoms with E-state index in [9.17, 15) is 22.0 Å². The Bertz CT molecular complexity index is 1400. The van der Waals surface area contributed by atoms with Crippen molar-refractivity contribution in [3.8, 4) is 5.75 Å². The van der Waals surface area contributed by atoms with Crippen LogP contribution in [0.25, 0.3) is 43.6 Å². The van der Waals surface area contributed by atoms with Crippen molar-refractivity contribution in [2.45, 2.75) is 6.18 Å². The van der Waals surface area contributed by atoms with Crippen LogP contribution in [0, 0.1) is 11.6 Å². The third-order valence-corrected chi connectivity index (χ3v) is 5.54. The molecule has 5 rings (SSSR count). The average Bonchev–Trinajstić information content (AvgIpc) is 3.25. The van der Waals surface area contributed by atoms with Gasteiger partial charge in [-0.05, 0) is 50.5 Å². The average molecular weight is 447 g/mol.